The van der Waals surface area contributed by atoms with Crippen molar-refractivity contribution in [1.29, 1.82) is 0 Å². The van der Waals surface area contributed by atoms with Gasteiger partial charge in [0.25, 0.3) is 0 Å². The number of hydrogen-bond donors (Lipinski definition) is 0. The highest BCUT2D eigenvalue weighted by Crippen LogP contribution is 2.27. The second kappa shape index (κ2) is 6.00. The Balaban J connectivity index is 2.20. The quantitative estimate of drug-likeness (QED) is 0.786. The second-order valence-corrected chi connectivity index (χ2v) is 6.28. The fraction of sp³-hybridized carbons (Fsp3) is 0.714. The van der Waals surface area contributed by atoms with E-state index < -0.39 is 0 Å². The van der Waals surface area contributed by atoms with Crippen molar-refractivity contribution in [3.05, 3.63) is 16.5 Å². The SMILES string of the molecule is CC(C)c1nc(Br)cc(N(C)C2CCCCC2)n1. The number of nitrogens with zero attached hydrogens (tertiary/aromatic N) is 3. The van der Waals surface area contributed by atoms with Gasteiger partial charge in [-0.25, -0.2) is 9.97 Å². The summed E-state index contributed by atoms with van der Waals surface area (Å²) in [6.07, 6.45) is 6.65. The van der Waals surface area contributed by atoms with Crippen LogP contribution in [0.2, 0.25) is 0 Å². The van der Waals surface area contributed by atoms with Gasteiger partial charge < -0.3 is 4.90 Å². The number of halogens is 1. The van der Waals surface area contributed by atoms with Gasteiger partial charge in [-0.1, -0.05) is 33.1 Å². The van der Waals surface area contributed by atoms with Gasteiger partial charge >= 0.3 is 0 Å². The van der Waals surface area contributed by atoms with Crippen molar-refractivity contribution < 1.29 is 0 Å². The van der Waals surface area contributed by atoms with E-state index in [0.29, 0.717) is 12.0 Å². The first-order valence-electron chi connectivity index (χ1n) is 6.85. The van der Waals surface area contributed by atoms with Crippen LogP contribution >= 0.6 is 15.9 Å². The van der Waals surface area contributed by atoms with E-state index >= 15 is 0 Å². The summed E-state index contributed by atoms with van der Waals surface area (Å²) in [6.45, 7) is 4.26. The number of aromatic nitrogens is 2. The average Bonchev–Trinajstić information content (AvgIpc) is 2.38. The normalized spacial score (nSPS) is 17.2. The van der Waals surface area contributed by atoms with E-state index in [1.807, 2.05) is 6.07 Å². The molecule has 0 unspecified atom stereocenters. The summed E-state index contributed by atoms with van der Waals surface area (Å²) in [4.78, 5) is 11.5. The molecule has 0 atom stereocenters. The molecule has 0 N–H and O–H groups in total. The lowest BCUT2D eigenvalue weighted by molar-refractivity contribution is 0.425. The van der Waals surface area contributed by atoms with Crippen LogP contribution in [0.5, 0.6) is 0 Å². The summed E-state index contributed by atoms with van der Waals surface area (Å²) in [5.41, 5.74) is 0. The molecule has 1 aliphatic carbocycles. The van der Waals surface area contributed by atoms with Crippen LogP contribution in [0.15, 0.2) is 10.7 Å². The van der Waals surface area contributed by atoms with Crippen LogP contribution in [0.4, 0.5) is 5.82 Å². The third-order valence-electron chi connectivity index (χ3n) is 3.70. The van der Waals surface area contributed by atoms with E-state index in [0.717, 1.165) is 16.2 Å². The predicted octanol–water partition coefficient (Wildman–Crippen LogP) is 4.13. The monoisotopic (exact) mass is 311 g/mol. The van der Waals surface area contributed by atoms with Crippen molar-refractivity contribution >= 4 is 21.7 Å². The molecule has 1 fully saturated rings. The zero-order chi connectivity index (χ0) is 13.1. The van der Waals surface area contributed by atoms with E-state index in [1.165, 1.54) is 32.1 Å². The van der Waals surface area contributed by atoms with Gasteiger partial charge in [-0.3, -0.25) is 0 Å². The van der Waals surface area contributed by atoms with Gasteiger partial charge in [-0.2, -0.15) is 0 Å². The minimum atomic E-state index is 0.362. The van der Waals surface area contributed by atoms with E-state index in [1.54, 1.807) is 0 Å². The maximum absolute atomic E-state index is 4.69. The molecule has 0 spiro atoms. The summed E-state index contributed by atoms with van der Waals surface area (Å²) >= 11 is 3.50. The van der Waals surface area contributed by atoms with Crippen LogP contribution in [0, 0.1) is 0 Å². The Labute approximate surface area is 118 Å². The summed E-state index contributed by atoms with van der Waals surface area (Å²) in [5, 5.41) is 0. The molecule has 0 radical (unpaired) electrons. The first-order chi connectivity index (χ1) is 8.58. The molecule has 0 saturated heterocycles. The van der Waals surface area contributed by atoms with Crippen molar-refractivity contribution in [2.24, 2.45) is 0 Å². The van der Waals surface area contributed by atoms with Crippen LogP contribution in [0.3, 0.4) is 0 Å². The molecule has 3 nitrogen and oxygen atoms in total. The topological polar surface area (TPSA) is 29.0 Å². The molecule has 1 heterocycles. The molecule has 0 aliphatic heterocycles. The average molecular weight is 312 g/mol. The number of anilines is 1. The lowest BCUT2D eigenvalue weighted by Crippen LogP contribution is -2.34. The van der Waals surface area contributed by atoms with Crippen molar-refractivity contribution in [3.8, 4) is 0 Å². The van der Waals surface area contributed by atoms with Gasteiger partial charge in [0.2, 0.25) is 0 Å². The van der Waals surface area contributed by atoms with Gasteiger partial charge in [0.15, 0.2) is 0 Å². The molecule has 1 saturated carbocycles. The fourth-order valence-electron chi connectivity index (χ4n) is 2.52. The highest BCUT2D eigenvalue weighted by Gasteiger charge is 2.20. The van der Waals surface area contributed by atoms with E-state index in [2.05, 4.69) is 46.7 Å². The molecule has 0 bridgehead atoms. The minimum Gasteiger partial charge on any atom is -0.357 e. The molecule has 0 amide bonds. The van der Waals surface area contributed by atoms with Crippen LogP contribution in [0.1, 0.15) is 57.7 Å². The smallest absolute Gasteiger partial charge is 0.134 e. The van der Waals surface area contributed by atoms with Crippen molar-refractivity contribution in [2.75, 3.05) is 11.9 Å². The Morgan fingerprint density at radius 3 is 2.50 bits per heavy atom. The predicted molar refractivity (Wildman–Crippen MR) is 79.1 cm³/mol. The molecule has 100 valence electrons. The summed E-state index contributed by atoms with van der Waals surface area (Å²) in [5.74, 6) is 2.33. The molecule has 18 heavy (non-hydrogen) atoms. The molecule has 1 aromatic rings. The Bertz CT molecular complexity index is 400. The standard InChI is InChI=1S/C14H22BrN3/c1-10(2)14-16-12(15)9-13(17-14)18(3)11-7-5-4-6-8-11/h9-11H,4-8H2,1-3H3. The number of hydrogen-bond acceptors (Lipinski definition) is 3. The van der Waals surface area contributed by atoms with Crippen molar-refractivity contribution in [3.63, 3.8) is 0 Å². The first-order valence-corrected chi connectivity index (χ1v) is 7.64. The Hall–Kier alpha value is -0.640. The number of rotatable bonds is 3. The molecule has 1 aromatic heterocycles. The molecule has 1 aliphatic rings. The van der Waals surface area contributed by atoms with E-state index in [4.69, 9.17) is 4.98 Å². The third-order valence-corrected chi connectivity index (χ3v) is 4.11. The Kier molecular flexibility index (Phi) is 4.60. The van der Waals surface area contributed by atoms with Crippen LogP contribution < -0.4 is 4.90 Å². The van der Waals surface area contributed by atoms with Gasteiger partial charge in [-0.15, -0.1) is 0 Å². The van der Waals surface area contributed by atoms with Crippen LogP contribution in [-0.2, 0) is 0 Å². The zero-order valence-electron chi connectivity index (χ0n) is 11.5. The van der Waals surface area contributed by atoms with Crippen LogP contribution in [0.25, 0.3) is 0 Å². The Morgan fingerprint density at radius 1 is 1.22 bits per heavy atom. The highest BCUT2D eigenvalue weighted by atomic mass is 79.9. The molecular weight excluding hydrogens is 290 g/mol. The molecule has 2 rings (SSSR count). The van der Waals surface area contributed by atoms with Crippen LogP contribution in [-0.4, -0.2) is 23.1 Å². The lowest BCUT2D eigenvalue weighted by Gasteiger charge is -2.32. The first kappa shape index (κ1) is 13.8. The highest BCUT2D eigenvalue weighted by molar-refractivity contribution is 9.10. The fourth-order valence-corrected chi connectivity index (χ4v) is 2.90. The third kappa shape index (κ3) is 3.22. The van der Waals surface area contributed by atoms with Crippen molar-refractivity contribution in [2.45, 2.75) is 57.9 Å². The van der Waals surface area contributed by atoms with Gasteiger partial charge in [0, 0.05) is 25.1 Å². The lowest BCUT2D eigenvalue weighted by atomic mass is 9.94. The molecular formula is C14H22BrN3. The van der Waals surface area contributed by atoms with Crippen molar-refractivity contribution in [1.82, 2.24) is 9.97 Å². The van der Waals surface area contributed by atoms with Gasteiger partial charge in [0.05, 0.1) is 0 Å². The van der Waals surface area contributed by atoms with E-state index in [-0.39, 0.29) is 0 Å². The maximum Gasteiger partial charge on any atom is 0.134 e. The second-order valence-electron chi connectivity index (χ2n) is 5.46. The van der Waals surface area contributed by atoms with Gasteiger partial charge in [-0.05, 0) is 28.8 Å². The zero-order valence-corrected chi connectivity index (χ0v) is 13.1. The minimum absolute atomic E-state index is 0.362. The molecule has 0 aromatic carbocycles. The van der Waals surface area contributed by atoms with Gasteiger partial charge in [0.1, 0.15) is 16.2 Å². The summed E-state index contributed by atoms with van der Waals surface area (Å²) in [7, 11) is 2.16. The molecule has 4 heteroatoms. The maximum atomic E-state index is 4.69. The Morgan fingerprint density at radius 2 is 1.89 bits per heavy atom. The summed E-state index contributed by atoms with van der Waals surface area (Å²) in [6, 6.07) is 2.67. The van der Waals surface area contributed by atoms with E-state index in [9.17, 15) is 0 Å². The largest absolute Gasteiger partial charge is 0.357 e. The summed E-state index contributed by atoms with van der Waals surface area (Å²) < 4.78 is 0.888.